The Labute approximate surface area is 286 Å². The molecule has 3 aromatic carbocycles. The third-order valence-electron chi connectivity index (χ3n) is 8.24. The summed E-state index contributed by atoms with van der Waals surface area (Å²) in [5.74, 6) is -0.530. The van der Waals surface area contributed by atoms with Gasteiger partial charge in [0, 0.05) is 53.5 Å². The highest BCUT2D eigenvalue weighted by Crippen LogP contribution is 2.36. The number of fused-ring (bicyclic) bond motifs is 1. The highest BCUT2D eigenvalue weighted by molar-refractivity contribution is 9.10. The molecule has 0 bridgehead atoms. The highest BCUT2D eigenvalue weighted by Gasteiger charge is 2.31. The summed E-state index contributed by atoms with van der Waals surface area (Å²) in [5, 5.41) is 2.43. The van der Waals surface area contributed by atoms with Gasteiger partial charge < -0.3 is 19.0 Å². The van der Waals surface area contributed by atoms with Crippen molar-refractivity contribution >= 4 is 71.5 Å². The number of thiophene rings is 1. The second kappa shape index (κ2) is 13.9. The van der Waals surface area contributed by atoms with E-state index in [9.17, 15) is 18.0 Å². The second-order valence-corrected chi connectivity index (χ2v) is 14.8. The van der Waals surface area contributed by atoms with Crippen molar-refractivity contribution in [1.29, 1.82) is 0 Å². The number of sulfonamides is 1. The number of hydrogen-bond donors (Lipinski definition) is 0. The van der Waals surface area contributed by atoms with Gasteiger partial charge in [-0.15, -0.1) is 11.3 Å². The van der Waals surface area contributed by atoms with E-state index in [1.165, 1.54) is 21.7 Å². The molecule has 47 heavy (non-hydrogen) atoms. The Morgan fingerprint density at radius 3 is 2.40 bits per heavy atom. The summed E-state index contributed by atoms with van der Waals surface area (Å²) in [6.07, 6.45) is 0.493. The molecule has 0 N–H and O–H groups in total. The third-order valence-corrected chi connectivity index (χ3v) is 11.7. The Kier molecular flexibility index (Phi) is 9.72. The van der Waals surface area contributed by atoms with Crippen LogP contribution in [0.2, 0.25) is 0 Å². The molecule has 0 atom stereocenters. The average Bonchev–Trinajstić information content (AvgIpc) is 3.67. The van der Waals surface area contributed by atoms with Crippen LogP contribution in [0.25, 0.3) is 11.0 Å². The van der Waals surface area contributed by atoms with Crippen molar-refractivity contribution in [2.45, 2.75) is 25.2 Å². The standard InChI is InChI=1S/C35H34BrN3O6S2/c1-3-44-35(41)33-24(2)28-22-27(13-14-31(28)45-33)47(42,43)39(16-15-25-9-5-4-6-10-25)30-12-8-7-11-29(30)37-17-19-38(20-18-37)34(40)32-21-26(36)23-46-32/h4-14,21-23H,3,15-20H2,1-2H3. The average molecular weight is 737 g/mol. The Morgan fingerprint density at radius 1 is 0.979 bits per heavy atom. The van der Waals surface area contributed by atoms with Gasteiger partial charge in [0.1, 0.15) is 5.58 Å². The second-order valence-electron chi connectivity index (χ2n) is 11.1. The molecule has 3 heterocycles. The molecule has 1 fully saturated rings. The van der Waals surface area contributed by atoms with E-state index >= 15 is 0 Å². The number of carbonyl (C=O) groups excluding carboxylic acids is 2. The minimum Gasteiger partial charge on any atom is -0.460 e. The molecule has 1 saturated heterocycles. The zero-order chi connectivity index (χ0) is 33.1. The van der Waals surface area contributed by atoms with Gasteiger partial charge in [0.05, 0.1) is 27.8 Å². The molecular formula is C35H34BrN3O6S2. The van der Waals surface area contributed by atoms with Crippen molar-refractivity contribution in [3.63, 3.8) is 0 Å². The molecule has 1 aliphatic rings. The molecule has 0 unspecified atom stereocenters. The number of ether oxygens (including phenoxy) is 1. The van der Waals surface area contributed by atoms with E-state index in [0.717, 1.165) is 15.7 Å². The number of para-hydroxylation sites is 2. The molecular weight excluding hydrogens is 702 g/mol. The van der Waals surface area contributed by atoms with Gasteiger partial charge in [0.15, 0.2) is 0 Å². The van der Waals surface area contributed by atoms with Gasteiger partial charge in [-0.3, -0.25) is 9.10 Å². The summed E-state index contributed by atoms with van der Waals surface area (Å²) in [5.41, 5.74) is 3.27. The maximum Gasteiger partial charge on any atom is 0.374 e. The molecule has 0 saturated carbocycles. The van der Waals surface area contributed by atoms with Crippen molar-refractivity contribution in [2.24, 2.45) is 0 Å². The van der Waals surface area contributed by atoms with E-state index in [0.29, 0.717) is 59.7 Å². The van der Waals surface area contributed by atoms with Gasteiger partial charge in [-0.25, -0.2) is 13.2 Å². The largest absolute Gasteiger partial charge is 0.460 e. The van der Waals surface area contributed by atoms with Crippen molar-refractivity contribution in [3.05, 3.63) is 110 Å². The van der Waals surface area contributed by atoms with Gasteiger partial charge in [-0.2, -0.15) is 0 Å². The summed E-state index contributed by atoms with van der Waals surface area (Å²) in [7, 11) is -4.09. The summed E-state index contributed by atoms with van der Waals surface area (Å²) >= 11 is 4.84. The van der Waals surface area contributed by atoms with E-state index < -0.39 is 16.0 Å². The first-order valence-electron chi connectivity index (χ1n) is 15.3. The third kappa shape index (κ3) is 6.81. The number of anilines is 2. The number of furan rings is 1. The highest BCUT2D eigenvalue weighted by atomic mass is 79.9. The molecule has 2 aromatic heterocycles. The predicted octanol–water partition coefficient (Wildman–Crippen LogP) is 7.14. The van der Waals surface area contributed by atoms with Crippen LogP contribution in [0.4, 0.5) is 11.4 Å². The van der Waals surface area contributed by atoms with Crippen LogP contribution in [0.3, 0.4) is 0 Å². The Balaban J connectivity index is 1.33. The van der Waals surface area contributed by atoms with Crippen LogP contribution in [-0.4, -0.2) is 64.5 Å². The number of piperazine rings is 1. The molecule has 1 aliphatic heterocycles. The topological polar surface area (TPSA) is 100 Å². The fourth-order valence-electron chi connectivity index (χ4n) is 5.80. The van der Waals surface area contributed by atoms with Crippen LogP contribution in [-0.2, 0) is 21.2 Å². The number of rotatable bonds is 10. The van der Waals surface area contributed by atoms with Crippen molar-refractivity contribution in [3.8, 4) is 0 Å². The lowest BCUT2D eigenvalue weighted by molar-refractivity contribution is 0.0491. The van der Waals surface area contributed by atoms with Gasteiger partial charge in [0.2, 0.25) is 5.76 Å². The lowest BCUT2D eigenvalue weighted by Crippen LogP contribution is -2.49. The molecule has 6 rings (SSSR count). The summed E-state index contributed by atoms with van der Waals surface area (Å²) in [6, 6.07) is 23.8. The van der Waals surface area contributed by atoms with Gasteiger partial charge in [0.25, 0.3) is 15.9 Å². The fourth-order valence-corrected chi connectivity index (χ4v) is 8.70. The minimum atomic E-state index is -4.09. The molecule has 0 radical (unpaired) electrons. The Morgan fingerprint density at radius 2 is 1.70 bits per heavy atom. The van der Waals surface area contributed by atoms with Gasteiger partial charge >= 0.3 is 5.97 Å². The number of nitrogens with zero attached hydrogens (tertiary/aromatic N) is 3. The molecule has 5 aromatic rings. The maximum atomic E-state index is 14.6. The van der Waals surface area contributed by atoms with Gasteiger partial charge in [-0.1, -0.05) is 42.5 Å². The van der Waals surface area contributed by atoms with Crippen LogP contribution in [0, 0.1) is 6.92 Å². The fraction of sp³-hybridized carbons (Fsp3) is 0.257. The van der Waals surface area contributed by atoms with Crippen molar-refractivity contribution < 1.29 is 27.2 Å². The van der Waals surface area contributed by atoms with Crippen LogP contribution in [0.15, 0.2) is 98.0 Å². The number of hydrogen-bond acceptors (Lipinski definition) is 8. The first-order valence-corrected chi connectivity index (χ1v) is 18.4. The quantitative estimate of drug-likeness (QED) is 0.141. The van der Waals surface area contributed by atoms with Crippen LogP contribution >= 0.6 is 27.3 Å². The number of amides is 1. The number of halogens is 1. The number of aryl methyl sites for hydroxylation is 1. The number of esters is 1. The molecule has 9 nitrogen and oxygen atoms in total. The van der Waals surface area contributed by atoms with Crippen LogP contribution in [0.5, 0.6) is 0 Å². The Bertz CT molecular complexity index is 2020. The van der Waals surface area contributed by atoms with E-state index in [2.05, 4.69) is 20.8 Å². The molecule has 1 amide bonds. The van der Waals surface area contributed by atoms with Crippen LogP contribution in [0.1, 0.15) is 38.3 Å². The SMILES string of the molecule is CCOC(=O)c1oc2ccc(S(=O)(=O)N(CCc3ccccc3)c3ccccc3N3CCN(C(=O)c4cc(Br)cs4)CC3)cc2c1C. The smallest absolute Gasteiger partial charge is 0.374 e. The zero-order valence-electron chi connectivity index (χ0n) is 26.0. The number of carbonyl (C=O) groups is 2. The molecule has 0 spiro atoms. The van der Waals surface area contributed by atoms with E-state index in [4.69, 9.17) is 9.15 Å². The summed E-state index contributed by atoms with van der Waals surface area (Å²) in [6.45, 7) is 5.97. The first kappa shape index (κ1) is 32.8. The first-order chi connectivity index (χ1) is 22.7. The normalized spacial score (nSPS) is 13.6. The molecule has 244 valence electrons. The van der Waals surface area contributed by atoms with E-state index in [-0.39, 0.29) is 29.7 Å². The van der Waals surface area contributed by atoms with E-state index in [1.54, 1.807) is 26.0 Å². The lowest BCUT2D eigenvalue weighted by Gasteiger charge is -2.38. The molecule has 12 heteroatoms. The zero-order valence-corrected chi connectivity index (χ0v) is 29.2. The Hall–Kier alpha value is -4.13. The minimum absolute atomic E-state index is 0.00301. The van der Waals surface area contributed by atoms with Crippen molar-refractivity contribution in [1.82, 2.24) is 4.90 Å². The lowest BCUT2D eigenvalue weighted by atomic mass is 10.1. The molecule has 0 aliphatic carbocycles. The van der Waals surface area contributed by atoms with Crippen molar-refractivity contribution in [2.75, 3.05) is 48.5 Å². The van der Waals surface area contributed by atoms with Crippen LogP contribution < -0.4 is 9.21 Å². The maximum absolute atomic E-state index is 14.6. The van der Waals surface area contributed by atoms with E-state index in [1.807, 2.05) is 70.9 Å². The summed E-state index contributed by atoms with van der Waals surface area (Å²) < 4.78 is 42.5. The number of benzene rings is 3. The summed E-state index contributed by atoms with van der Waals surface area (Å²) in [4.78, 5) is 30.3. The van der Waals surface area contributed by atoms with Gasteiger partial charge in [-0.05, 0) is 78.2 Å². The monoisotopic (exact) mass is 735 g/mol. The predicted molar refractivity (Wildman–Crippen MR) is 188 cm³/mol.